The smallest absolute Gasteiger partial charge is 0.126 e. The number of nitrogens with zero attached hydrogens (tertiary/aromatic N) is 4. The number of hydrogen-bond acceptors (Lipinski definition) is 2. The first-order valence-electron chi connectivity index (χ1n) is 5.93. The van der Waals surface area contributed by atoms with Gasteiger partial charge in [-0.05, 0) is 37.8 Å². The van der Waals surface area contributed by atoms with Crippen molar-refractivity contribution in [3.05, 3.63) is 33.8 Å². The van der Waals surface area contributed by atoms with E-state index in [-0.39, 0.29) is 0 Å². The van der Waals surface area contributed by atoms with Crippen LogP contribution in [0, 0.1) is 0 Å². The van der Waals surface area contributed by atoms with Crippen molar-refractivity contribution < 1.29 is 0 Å². The maximum absolute atomic E-state index is 5.93. The number of aryl methyl sites for hydroxylation is 4. The van der Waals surface area contributed by atoms with Crippen LogP contribution in [0.2, 0.25) is 10.3 Å². The van der Waals surface area contributed by atoms with Crippen molar-refractivity contribution in [2.24, 2.45) is 14.1 Å². The molecule has 0 aromatic carbocycles. The van der Waals surface area contributed by atoms with Crippen molar-refractivity contribution in [2.75, 3.05) is 0 Å². The van der Waals surface area contributed by atoms with Crippen LogP contribution in [0.15, 0.2) is 12.1 Å². The van der Waals surface area contributed by atoms with E-state index in [2.05, 4.69) is 10.2 Å². The first-order valence-corrected chi connectivity index (χ1v) is 6.68. The first kappa shape index (κ1) is 13.4. The Bertz CT molecular complexity index is 443. The average Bonchev–Trinajstić information content (AvgIpc) is 2.79. The summed E-state index contributed by atoms with van der Waals surface area (Å²) in [6, 6.07) is 3.83. The molecule has 0 saturated heterocycles. The molecule has 0 unspecified atom stereocenters. The van der Waals surface area contributed by atoms with Crippen molar-refractivity contribution in [1.29, 1.82) is 0 Å². The van der Waals surface area contributed by atoms with Crippen LogP contribution in [0.3, 0.4) is 0 Å². The van der Waals surface area contributed by atoms with Crippen LogP contribution in [0.5, 0.6) is 0 Å². The van der Waals surface area contributed by atoms with Crippen molar-refractivity contribution in [1.82, 2.24) is 19.6 Å². The Morgan fingerprint density at radius 3 is 1.56 bits per heavy atom. The number of halogens is 2. The quantitative estimate of drug-likeness (QED) is 0.792. The molecule has 18 heavy (non-hydrogen) atoms. The fourth-order valence-corrected chi connectivity index (χ4v) is 2.18. The molecule has 0 spiro atoms. The van der Waals surface area contributed by atoms with E-state index in [1.54, 1.807) is 9.36 Å². The first-order chi connectivity index (χ1) is 8.56. The van der Waals surface area contributed by atoms with Gasteiger partial charge in [-0.1, -0.05) is 23.2 Å². The van der Waals surface area contributed by atoms with Gasteiger partial charge in [0, 0.05) is 14.1 Å². The second-order valence-electron chi connectivity index (χ2n) is 4.37. The lowest BCUT2D eigenvalue weighted by molar-refractivity contribution is 0.672. The fourth-order valence-electron chi connectivity index (χ4n) is 1.86. The highest BCUT2D eigenvalue weighted by Gasteiger charge is 2.04. The normalized spacial score (nSPS) is 11.1. The highest BCUT2D eigenvalue weighted by Crippen LogP contribution is 2.14. The van der Waals surface area contributed by atoms with Crippen molar-refractivity contribution in [3.8, 4) is 0 Å². The number of unbranched alkanes of at least 4 members (excludes halogenated alkanes) is 1. The molecule has 0 bridgehead atoms. The van der Waals surface area contributed by atoms with E-state index in [0.29, 0.717) is 10.3 Å². The number of aromatic nitrogens is 4. The van der Waals surface area contributed by atoms with Gasteiger partial charge < -0.3 is 0 Å². The molecule has 4 nitrogen and oxygen atoms in total. The molecule has 0 amide bonds. The molecular weight excluding hydrogens is 271 g/mol. The molecule has 2 aromatic heterocycles. The predicted octanol–water partition coefficient (Wildman–Crippen LogP) is 3.03. The third-order valence-corrected chi connectivity index (χ3v) is 3.57. The van der Waals surface area contributed by atoms with Gasteiger partial charge in [0.2, 0.25) is 0 Å². The van der Waals surface area contributed by atoms with Crippen LogP contribution < -0.4 is 0 Å². The van der Waals surface area contributed by atoms with Gasteiger partial charge in [0.25, 0.3) is 0 Å². The summed E-state index contributed by atoms with van der Waals surface area (Å²) in [5.74, 6) is 0. The monoisotopic (exact) mass is 286 g/mol. The van der Waals surface area contributed by atoms with Gasteiger partial charge in [-0.3, -0.25) is 9.36 Å². The molecular formula is C12H16Cl2N4. The minimum absolute atomic E-state index is 0.682. The van der Waals surface area contributed by atoms with E-state index < -0.39 is 0 Å². The van der Waals surface area contributed by atoms with Crippen LogP contribution in [0.1, 0.15) is 24.2 Å². The van der Waals surface area contributed by atoms with Crippen molar-refractivity contribution >= 4 is 23.2 Å². The molecule has 6 heteroatoms. The Kier molecular flexibility index (Phi) is 4.30. The molecule has 2 rings (SSSR count). The second-order valence-corrected chi connectivity index (χ2v) is 5.15. The Morgan fingerprint density at radius 1 is 0.889 bits per heavy atom. The highest BCUT2D eigenvalue weighted by atomic mass is 35.5. The molecule has 0 radical (unpaired) electrons. The molecule has 0 saturated carbocycles. The summed E-state index contributed by atoms with van der Waals surface area (Å²) < 4.78 is 3.38. The van der Waals surface area contributed by atoms with Crippen LogP contribution in [0.4, 0.5) is 0 Å². The summed E-state index contributed by atoms with van der Waals surface area (Å²) in [5, 5.41) is 10.00. The largest absolute Gasteiger partial charge is 0.257 e. The Morgan fingerprint density at radius 2 is 1.28 bits per heavy atom. The van der Waals surface area contributed by atoms with Crippen LogP contribution in [-0.2, 0) is 26.9 Å². The maximum atomic E-state index is 5.93. The Labute approximate surface area is 116 Å². The summed E-state index contributed by atoms with van der Waals surface area (Å²) >= 11 is 11.9. The molecule has 98 valence electrons. The van der Waals surface area contributed by atoms with Gasteiger partial charge in [0.1, 0.15) is 10.3 Å². The third-order valence-electron chi connectivity index (χ3n) is 2.86. The van der Waals surface area contributed by atoms with Gasteiger partial charge in [0.05, 0.1) is 11.4 Å². The lowest BCUT2D eigenvalue weighted by Gasteiger charge is -1.97. The molecule has 2 aromatic rings. The minimum atomic E-state index is 0.682. The summed E-state index contributed by atoms with van der Waals surface area (Å²) in [5.41, 5.74) is 2.09. The van der Waals surface area contributed by atoms with E-state index in [0.717, 1.165) is 37.1 Å². The molecule has 0 atom stereocenters. The Balaban J connectivity index is 1.76. The lowest BCUT2D eigenvalue weighted by atomic mass is 10.1. The van der Waals surface area contributed by atoms with Crippen molar-refractivity contribution in [3.63, 3.8) is 0 Å². The van der Waals surface area contributed by atoms with Gasteiger partial charge in [-0.15, -0.1) is 0 Å². The topological polar surface area (TPSA) is 35.6 Å². The van der Waals surface area contributed by atoms with Crippen LogP contribution >= 0.6 is 23.2 Å². The Hall–Kier alpha value is -1.00. The summed E-state index contributed by atoms with van der Waals surface area (Å²) in [7, 11) is 3.70. The second kappa shape index (κ2) is 5.76. The lowest BCUT2D eigenvalue weighted by Crippen LogP contribution is -1.95. The van der Waals surface area contributed by atoms with Crippen LogP contribution in [0.25, 0.3) is 0 Å². The predicted molar refractivity (Wildman–Crippen MR) is 73.1 cm³/mol. The molecule has 0 N–H and O–H groups in total. The number of hydrogen-bond donors (Lipinski definition) is 0. The van der Waals surface area contributed by atoms with Gasteiger partial charge in [-0.2, -0.15) is 10.2 Å². The minimum Gasteiger partial charge on any atom is -0.257 e. The van der Waals surface area contributed by atoms with Crippen molar-refractivity contribution in [2.45, 2.75) is 25.7 Å². The standard InChI is InChI=1S/C12H16Cl2N4/c1-17-11(13)7-9(15-17)5-3-4-6-10-8-12(14)18(2)16-10/h7-8H,3-6H2,1-2H3. The molecule has 0 fully saturated rings. The van der Waals surface area contributed by atoms with E-state index in [1.165, 1.54) is 0 Å². The zero-order valence-electron chi connectivity index (χ0n) is 10.5. The number of rotatable bonds is 5. The zero-order valence-corrected chi connectivity index (χ0v) is 12.0. The molecule has 2 heterocycles. The molecule has 0 aliphatic carbocycles. The van der Waals surface area contributed by atoms with E-state index in [9.17, 15) is 0 Å². The highest BCUT2D eigenvalue weighted by molar-refractivity contribution is 6.29. The summed E-state index contributed by atoms with van der Waals surface area (Å²) in [6.07, 6.45) is 4.03. The van der Waals surface area contributed by atoms with Crippen LogP contribution in [-0.4, -0.2) is 19.6 Å². The zero-order chi connectivity index (χ0) is 13.1. The van der Waals surface area contributed by atoms with Gasteiger partial charge in [-0.25, -0.2) is 0 Å². The average molecular weight is 287 g/mol. The maximum Gasteiger partial charge on any atom is 0.126 e. The summed E-state index contributed by atoms with van der Waals surface area (Å²) in [4.78, 5) is 0. The van der Waals surface area contributed by atoms with E-state index in [4.69, 9.17) is 23.2 Å². The third kappa shape index (κ3) is 3.27. The SMILES string of the molecule is Cn1nc(CCCCc2cc(Cl)n(C)n2)cc1Cl. The van der Waals surface area contributed by atoms with E-state index in [1.807, 2.05) is 26.2 Å². The van der Waals surface area contributed by atoms with E-state index >= 15 is 0 Å². The molecule has 0 aliphatic heterocycles. The van der Waals surface area contributed by atoms with Gasteiger partial charge in [0.15, 0.2) is 0 Å². The fraction of sp³-hybridized carbons (Fsp3) is 0.500. The summed E-state index contributed by atoms with van der Waals surface area (Å²) in [6.45, 7) is 0. The van der Waals surface area contributed by atoms with Gasteiger partial charge >= 0.3 is 0 Å². The molecule has 0 aliphatic rings.